The van der Waals surface area contributed by atoms with Crippen LogP contribution in [0.3, 0.4) is 0 Å². The highest BCUT2D eigenvalue weighted by molar-refractivity contribution is 5.81. The first kappa shape index (κ1) is 17.6. The van der Waals surface area contributed by atoms with Gasteiger partial charge in [-0.15, -0.1) is 0 Å². The summed E-state index contributed by atoms with van der Waals surface area (Å²) in [5.74, 6) is -1.61. The number of carbonyl (C=O) groups excluding carboxylic acids is 2. The minimum Gasteiger partial charge on any atom is -0.481 e. The topological polar surface area (TPSA) is 87.2 Å². The maximum Gasteiger partial charge on any atom is 0.410 e. The summed E-state index contributed by atoms with van der Waals surface area (Å²) in [6.07, 6.45) is 1.54. The fourth-order valence-electron chi connectivity index (χ4n) is 3.09. The second-order valence-electron chi connectivity index (χ2n) is 7.37. The number of piperidine rings is 1. The van der Waals surface area contributed by atoms with Gasteiger partial charge in [0.2, 0.25) is 5.91 Å². The average Bonchev–Trinajstić information content (AvgIpc) is 2.94. The van der Waals surface area contributed by atoms with E-state index in [4.69, 9.17) is 9.84 Å². The molecule has 2 heterocycles. The lowest BCUT2D eigenvalue weighted by molar-refractivity contribution is -0.146. The van der Waals surface area contributed by atoms with Crippen molar-refractivity contribution < 1.29 is 24.2 Å². The van der Waals surface area contributed by atoms with Crippen LogP contribution in [0.25, 0.3) is 0 Å². The van der Waals surface area contributed by atoms with Crippen LogP contribution in [-0.4, -0.2) is 64.7 Å². The van der Waals surface area contributed by atoms with E-state index in [1.54, 1.807) is 9.80 Å². The van der Waals surface area contributed by atoms with Gasteiger partial charge in [0.15, 0.2) is 0 Å². The van der Waals surface area contributed by atoms with Crippen LogP contribution < -0.4 is 0 Å². The van der Waals surface area contributed by atoms with Crippen molar-refractivity contribution in [2.24, 2.45) is 11.8 Å². The molecule has 7 nitrogen and oxygen atoms in total. The molecule has 2 atom stereocenters. The van der Waals surface area contributed by atoms with E-state index in [1.165, 1.54) is 0 Å². The molecule has 0 aromatic heterocycles. The second-order valence-corrected chi connectivity index (χ2v) is 7.37. The zero-order chi connectivity index (χ0) is 17.2. The molecule has 2 unspecified atom stereocenters. The third-order valence-electron chi connectivity index (χ3n) is 4.27. The number of rotatable bonds is 2. The molecule has 2 saturated heterocycles. The molecule has 0 spiro atoms. The Morgan fingerprint density at radius 1 is 1.00 bits per heavy atom. The maximum absolute atomic E-state index is 12.6. The number of nitrogens with zero attached hydrogens (tertiary/aromatic N) is 2. The largest absolute Gasteiger partial charge is 0.481 e. The molecule has 2 aliphatic rings. The third kappa shape index (κ3) is 4.59. The molecule has 0 bridgehead atoms. The van der Waals surface area contributed by atoms with E-state index in [0.717, 1.165) is 0 Å². The molecule has 2 aliphatic heterocycles. The molecule has 2 rings (SSSR count). The number of carboxylic acid groups (broad SMARTS) is 1. The van der Waals surface area contributed by atoms with Crippen LogP contribution in [0.1, 0.15) is 40.0 Å². The minimum atomic E-state index is -0.843. The van der Waals surface area contributed by atoms with E-state index in [1.807, 2.05) is 20.8 Å². The Morgan fingerprint density at radius 2 is 1.65 bits per heavy atom. The van der Waals surface area contributed by atoms with Crippen LogP contribution in [-0.2, 0) is 14.3 Å². The summed E-state index contributed by atoms with van der Waals surface area (Å²) in [5, 5.41) is 9.12. The number of hydrogen-bond donors (Lipinski definition) is 1. The first-order valence-electron chi connectivity index (χ1n) is 8.17. The van der Waals surface area contributed by atoms with Crippen molar-refractivity contribution in [1.82, 2.24) is 9.80 Å². The number of likely N-dealkylation sites (tertiary alicyclic amines) is 2. The average molecular weight is 326 g/mol. The van der Waals surface area contributed by atoms with Gasteiger partial charge in [-0.3, -0.25) is 9.59 Å². The maximum atomic E-state index is 12.6. The first-order chi connectivity index (χ1) is 10.7. The molecule has 0 aromatic rings. The van der Waals surface area contributed by atoms with Gasteiger partial charge in [-0.25, -0.2) is 4.79 Å². The van der Waals surface area contributed by atoms with Crippen LogP contribution in [0.5, 0.6) is 0 Å². The zero-order valence-electron chi connectivity index (χ0n) is 14.1. The summed E-state index contributed by atoms with van der Waals surface area (Å²) in [6, 6.07) is 0. The summed E-state index contributed by atoms with van der Waals surface area (Å²) in [6.45, 7) is 7.16. The van der Waals surface area contributed by atoms with Crippen molar-refractivity contribution in [3.63, 3.8) is 0 Å². The van der Waals surface area contributed by atoms with Gasteiger partial charge in [0.05, 0.1) is 11.8 Å². The van der Waals surface area contributed by atoms with E-state index in [-0.39, 0.29) is 18.4 Å². The molecule has 0 aliphatic carbocycles. The number of hydrogen-bond acceptors (Lipinski definition) is 4. The van der Waals surface area contributed by atoms with E-state index in [2.05, 4.69) is 0 Å². The standard InChI is InChI=1S/C16H26N2O5/c1-16(2,3)23-15(22)18-8-6-11(9-18)13(19)17-7-4-5-12(10-17)14(20)21/h11-12H,4-10H2,1-3H3,(H,20,21). The Morgan fingerprint density at radius 3 is 2.26 bits per heavy atom. The fourth-order valence-corrected chi connectivity index (χ4v) is 3.09. The lowest BCUT2D eigenvalue weighted by Gasteiger charge is -2.32. The van der Waals surface area contributed by atoms with Gasteiger partial charge in [0, 0.05) is 26.2 Å². The third-order valence-corrected chi connectivity index (χ3v) is 4.27. The Hall–Kier alpha value is -1.79. The van der Waals surface area contributed by atoms with Gasteiger partial charge < -0.3 is 19.6 Å². The molecule has 0 radical (unpaired) electrons. The van der Waals surface area contributed by atoms with Gasteiger partial charge in [0.1, 0.15) is 5.60 Å². The highest BCUT2D eigenvalue weighted by Gasteiger charge is 2.37. The summed E-state index contributed by atoms with van der Waals surface area (Å²) >= 11 is 0. The number of carboxylic acids is 1. The Bertz CT molecular complexity index is 485. The predicted molar refractivity (Wildman–Crippen MR) is 82.9 cm³/mol. The SMILES string of the molecule is CC(C)(C)OC(=O)N1CCC(C(=O)N2CCCC(C(=O)O)C2)C1. The molecular formula is C16H26N2O5. The molecular weight excluding hydrogens is 300 g/mol. The van der Waals surface area contributed by atoms with Crippen molar-refractivity contribution in [1.29, 1.82) is 0 Å². The van der Waals surface area contributed by atoms with E-state index in [9.17, 15) is 14.4 Å². The quantitative estimate of drug-likeness (QED) is 0.832. The lowest BCUT2D eigenvalue weighted by atomic mass is 9.96. The predicted octanol–water partition coefficient (Wildman–Crippen LogP) is 1.57. The molecule has 1 N–H and O–H groups in total. The minimum absolute atomic E-state index is 0.0398. The van der Waals surface area contributed by atoms with Crippen LogP contribution in [0, 0.1) is 11.8 Å². The van der Waals surface area contributed by atoms with Gasteiger partial charge in [-0.05, 0) is 40.0 Å². The van der Waals surface area contributed by atoms with Crippen molar-refractivity contribution in [2.45, 2.75) is 45.6 Å². The normalized spacial score (nSPS) is 25.3. The van der Waals surface area contributed by atoms with Crippen molar-refractivity contribution in [3.05, 3.63) is 0 Å². The summed E-state index contributed by atoms with van der Waals surface area (Å²) in [7, 11) is 0. The van der Waals surface area contributed by atoms with Crippen LogP contribution in [0.15, 0.2) is 0 Å². The van der Waals surface area contributed by atoms with Gasteiger partial charge in [0.25, 0.3) is 0 Å². The highest BCUT2D eigenvalue weighted by Crippen LogP contribution is 2.24. The van der Waals surface area contributed by atoms with E-state index < -0.39 is 23.6 Å². The fraction of sp³-hybridized carbons (Fsp3) is 0.812. The molecule has 7 heteroatoms. The summed E-state index contributed by atoms with van der Waals surface area (Å²) in [5.41, 5.74) is -0.555. The summed E-state index contributed by atoms with van der Waals surface area (Å²) < 4.78 is 5.33. The van der Waals surface area contributed by atoms with Gasteiger partial charge in [-0.1, -0.05) is 0 Å². The molecule has 130 valence electrons. The molecule has 0 aromatic carbocycles. The smallest absolute Gasteiger partial charge is 0.410 e. The monoisotopic (exact) mass is 326 g/mol. The Labute approximate surface area is 136 Å². The van der Waals surface area contributed by atoms with Crippen molar-refractivity contribution in [2.75, 3.05) is 26.2 Å². The second kappa shape index (κ2) is 6.76. The zero-order valence-corrected chi connectivity index (χ0v) is 14.1. The van der Waals surface area contributed by atoms with Gasteiger partial charge in [-0.2, -0.15) is 0 Å². The van der Waals surface area contributed by atoms with Crippen LogP contribution >= 0.6 is 0 Å². The van der Waals surface area contributed by atoms with Crippen LogP contribution in [0.2, 0.25) is 0 Å². The van der Waals surface area contributed by atoms with E-state index in [0.29, 0.717) is 38.9 Å². The number of amides is 2. The molecule has 23 heavy (non-hydrogen) atoms. The highest BCUT2D eigenvalue weighted by atomic mass is 16.6. The molecule has 2 fully saturated rings. The number of aliphatic carboxylic acids is 1. The van der Waals surface area contributed by atoms with Crippen molar-refractivity contribution >= 4 is 18.0 Å². The Balaban J connectivity index is 1.89. The van der Waals surface area contributed by atoms with Crippen LogP contribution in [0.4, 0.5) is 4.79 Å². The van der Waals surface area contributed by atoms with E-state index >= 15 is 0 Å². The molecule has 2 amide bonds. The number of ether oxygens (including phenoxy) is 1. The summed E-state index contributed by atoms with van der Waals surface area (Å²) in [4.78, 5) is 38.9. The lowest BCUT2D eigenvalue weighted by Crippen LogP contribution is -2.45. The van der Waals surface area contributed by atoms with Gasteiger partial charge >= 0.3 is 12.1 Å². The first-order valence-corrected chi connectivity index (χ1v) is 8.17. The molecule has 0 saturated carbocycles. The van der Waals surface area contributed by atoms with Crippen molar-refractivity contribution in [3.8, 4) is 0 Å². The Kier molecular flexibility index (Phi) is 5.16. The number of carbonyl (C=O) groups is 3.